The molecule has 2 aromatic rings. The first-order chi connectivity index (χ1) is 23.9. The van der Waals surface area contributed by atoms with Crippen molar-refractivity contribution in [3.05, 3.63) is 45.6 Å². The maximum absolute atomic E-state index is 14.2. The average molecular weight is 714 g/mol. The lowest BCUT2D eigenvalue weighted by Gasteiger charge is -2.30. The summed E-state index contributed by atoms with van der Waals surface area (Å²) in [6, 6.07) is 5.76. The van der Waals surface area contributed by atoms with Crippen LogP contribution in [-0.2, 0) is 26.2 Å². The largest absolute Gasteiger partial charge is 0.493 e. The Morgan fingerprint density at radius 2 is 1.60 bits per heavy atom. The maximum Gasteiger partial charge on any atom is 0.282 e. The minimum absolute atomic E-state index is 0.136. The minimum Gasteiger partial charge on any atom is -0.493 e. The molecule has 0 saturated carbocycles. The SMILES string of the molecule is CC[C@@H](C)[C@H](Nc1ccc2c(cc1=O)[C@@H](NC(C)=O)CCc1cc(OC)c(OC)c(OC)c1-2)C(=O)N1CCCN(S(=O)(=O)N2CCCC2)CC1. The summed E-state index contributed by atoms with van der Waals surface area (Å²) in [5.74, 6) is 0.841. The summed E-state index contributed by atoms with van der Waals surface area (Å²) in [7, 11) is 1.07. The molecule has 0 radical (unpaired) electrons. The van der Waals surface area contributed by atoms with Gasteiger partial charge in [-0.2, -0.15) is 17.0 Å². The van der Waals surface area contributed by atoms with Gasteiger partial charge in [0.2, 0.25) is 23.0 Å². The number of hydrogen-bond donors (Lipinski definition) is 2. The van der Waals surface area contributed by atoms with Crippen molar-refractivity contribution in [2.45, 2.75) is 71.4 Å². The smallest absolute Gasteiger partial charge is 0.282 e. The van der Waals surface area contributed by atoms with Gasteiger partial charge < -0.3 is 29.7 Å². The number of methoxy groups -OCH3 is 3. The lowest BCUT2D eigenvalue weighted by molar-refractivity contribution is -0.133. The van der Waals surface area contributed by atoms with Crippen LogP contribution in [0.25, 0.3) is 11.1 Å². The molecule has 1 aliphatic carbocycles. The summed E-state index contributed by atoms with van der Waals surface area (Å²) >= 11 is 0. The Balaban J connectivity index is 1.51. The molecule has 2 amide bonds. The van der Waals surface area contributed by atoms with Gasteiger partial charge in [0.25, 0.3) is 10.2 Å². The van der Waals surface area contributed by atoms with Crippen LogP contribution < -0.4 is 30.3 Å². The quantitative estimate of drug-likeness (QED) is 0.357. The fourth-order valence-corrected chi connectivity index (χ4v) is 9.02. The van der Waals surface area contributed by atoms with Gasteiger partial charge >= 0.3 is 0 Å². The van der Waals surface area contributed by atoms with E-state index < -0.39 is 22.3 Å². The number of aryl methyl sites for hydroxylation is 1. The standard InChI is InChI=1S/C36H51N5O8S/c1-7-23(2)33(36(44)39-15-10-18-41(20-19-39)50(45,46)40-16-8-9-17-40)38-29-14-12-26-27(22-30(29)43)28(37-24(3)42)13-11-25-21-31(47-4)34(48-5)35(49-6)32(25)26/h12,14,21-23,28,33H,7-11,13,15-20H2,1-6H3,(H,37,42)(H,38,43)/t23-,28+,33+/m1/s1. The summed E-state index contributed by atoms with van der Waals surface area (Å²) in [4.78, 5) is 42.3. The van der Waals surface area contributed by atoms with Crippen molar-refractivity contribution in [3.63, 3.8) is 0 Å². The third-order valence-electron chi connectivity index (χ3n) is 10.2. The highest BCUT2D eigenvalue weighted by Crippen LogP contribution is 2.50. The number of anilines is 1. The molecule has 0 unspecified atom stereocenters. The number of benzene rings is 1. The number of nitrogens with one attached hydrogen (secondary N) is 2. The first-order valence-corrected chi connectivity index (χ1v) is 18.9. The molecule has 2 N–H and O–H groups in total. The highest BCUT2D eigenvalue weighted by molar-refractivity contribution is 7.86. The normalized spacial score (nSPS) is 19.6. The fourth-order valence-electron chi connectivity index (χ4n) is 7.30. The number of ether oxygens (including phenoxy) is 3. The predicted molar refractivity (Wildman–Crippen MR) is 192 cm³/mol. The Hall–Kier alpha value is -3.88. The van der Waals surface area contributed by atoms with Crippen LogP contribution in [0.2, 0.25) is 0 Å². The van der Waals surface area contributed by atoms with Crippen LogP contribution in [0.4, 0.5) is 5.69 Å². The van der Waals surface area contributed by atoms with Gasteiger partial charge in [-0.1, -0.05) is 26.3 Å². The van der Waals surface area contributed by atoms with E-state index in [1.165, 1.54) is 28.7 Å². The van der Waals surface area contributed by atoms with Crippen molar-refractivity contribution in [3.8, 4) is 28.4 Å². The van der Waals surface area contributed by atoms with Gasteiger partial charge in [0.05, 0.1) is 33.1 Å². The van der Waals surface area contributed by atoms with Crippen LogP contribution in [0.3, 0.4) is 0 Å². The number of amides is 2. The number of carbonyl (C=O) groups excluding carboxylic acids is 2. The van der Waals surface area contributed by atoms with Gasteiger partial charge in [-0.3, -0.25) is 14.4 Å². The molecule has 3 atom stereocenters. The Kier molecular flexibility index (Phi) is 12.0. The zero-order chi connectivity index (χ0) is 36.2. The van der Waals surface area contributed by atoms with E-state index in [0.717, 1.165) is 24.0 Å². The molecule has 2 heterocycles. The highest BCUT2D eigenvalue weighted by atomic mass is 32.2. The van der Waals surface area contributed by atoms with Gasteiger partial charge in [0, 0.05) is 51.8 Å². The van der Waals surface area contributed by atoms with Crippen LogP contribution >= 0.6 is 0 Å². The first kappa shape index (κ1) is 37.4. The van der Waals surface area contributed by atoms with Gasteiger partial charge in [0.15, 0.2) is 11.5 Å². The van der Waals surface area contributed by atoms with Gasteiger partial charge in [-0.05, 0) is 72.9 Å². The number of rotatable bonds is 11. The number of fused-ring (bicyclic) bond motifs is 3. The lowest BCUT2D eigenvalue weighted by Crippen LogP contribution is -2.48. The summed E-state index contributed by atoms with van der Waals surface area (Å²) in [5.41, 5.74) is 2.88. The Morgan fingerprint density at radius 3 is 2.24 bits per heavy atom. The van der Waals surface area contributed by atoms with Crippen molar-refractivity contribution in [2.24, 2.45) is 5.92 Å². The zero-order valence-corrected chi connectivity index (χ0v) is 30.9. The molecule has 274 valence electrons. The molecule has 0 spiro atoms. The van der Waals surface area contributed by atoms with Crippen molar-refractivity contribution >= 4 is 27.7 Å². The zero-order valence-electron chi connectivity index (χ0n) is 30.0. The molecule has 3 aliphatic rings. The van der Waals surface area contributed by atoms with Crippen molar-refractivity contribution in [1.82, 2.24) is 18.8 Å². The molecule has 2 fully saturated rings. The van der Waals surface area contributed by atoms with E-state index >= 15 is 0 Å². The molecule has 13 nitrogen and oxygen atoms in total. The van der Waals surface area contributed by atoms with Gasteiger partial charge in [0.1, 0.15) is 6.04 Å². The molecule has 0 bridgehead atoms. The second-order valence-electron chi connectivity index (χ2n) is 13.3. The molecular formula is C36H51N5O8S. The molecule has 5 rings (SSSR count). The fraction of sp³-hybridized carbons (Fsp3) is 0.583. The van der Waals surface area contributed by atoms with Gasteiger partial charge in [-0.25, -0.2) is 0 Å². The van der Waals surface area contributed by atoms with E-state index in [1.54, 1.807) is 25.2 Å². The van der Waals surface area contributed by atoms with Crippen LogP contribution in [0, 0.1) is 5.92 Å². The minimum atomic E-state index is -3.57. The lowest BCUT2D eigenvalue weighted by atomic mass is 9.95. The Bertz CT molecular complexity index is 1750. The topological polar surface area (TPSA) is 147 Å². The van der Waals surface area contributed by atoms with E-state index in [-0.39, 0.29) is 41.9 Å². The molecule has 0 aromatic heterocycles. The Morgan fingerprint density at radius 1 is 0.920 bits per heavy atom. The Labute approximate surface area is 295 Å². The van der Waals surface area contributed by atoms with Crippen LogP contribution in [-0.4, -0.2) is 100 Å². The summed E-state index contributed by atoms with van der Waals surface area (Å²) in [6.07, 6.45) is 4.01. The molecule has 2 aromatic carbocycles. The number of nitrogens with zero attached hydrogens (tertiary/aromatic N) is 3. The van der Waals surface area contributed by atoms with E-state index in [1.807, 2.05) is 26.0 Å². The maximum atomic E-state index is 14.2. The number of hydrogen-bond acceptors (Lipinski definition) is 9. The van der Waals surface area contributed by atoms with Crippen molar-refractivity contribution in [2.75, 3.05) is 65.9 Å². The first-order valence-electron chi connectivity index (χ1n) is 17.5. The highest BCUT2D eigenvalue weighted by Gasteiger charge is 2.36. The monoisotopic (exact) mass is 713 g/mol. The second kappa shape index (κ2) is 16.0. The second-order valence-corrected chi connectivity index (χ2v) is 15.2. The van der Waals surface area contributed by atoms with E-state index in [9.17, 15) is 22.8 Å². The number of carbonyl (C=O) groups is 2. The van der Waals surface area contributed by atoms with E-state index in [0.29, 0.717) is 80.2 Å². The summed E-state index contributed by atoms with van der Waals surface area (Å²) in [5, 5.41) is 6.33. The van der Waals surface area contributed by atoms with E-state index in [4.69, 9.17) is 14.2 Å². The molecule has 14 heteroatoms. The third-order valence-corrected chi connectivity index (χ3v) is 12.2. The van der Waals surface area contributed by atoms with Crippen LogP contribution in [0.15, 0.2) is 29.1 Å². The predicted octanol–water partition coefficient (Wildman–Crippen LogP) is 3.56. The molecule has 50 heavy (non-hydrogen) atoms. The van der Waals surface area contributed by atoms with Crippen molar-refractivity contribution in [1.29, 1.82) is 0 Å². The van der Waals surface area contributed by atoms with Crippen LogP contribution in [0.1, 0.15) is 70.0 Å². The average Bonchev–Trinajstić information content (AvgIpc) is 3.41. The van der Waals surface area contributed by atoms with Crippen LogP contribution in [0.5, 0.6) is 17.2 Å². The molecular weight excluding hydrogens is 662 g/mol. The summed E-state index contributed by atoms with van der Waals surface area (Å²) in [6.45, 7) is 7.73. The van der Waals surface area contributed by atoms with E-state index in [2.05, 4.69) is 10.6 Å². The molecule has 2 aliphatic heterocycles. The summed E-state index contributed by atoms with van der Waals surface area (Å²) < 4.78 is 46.8. The third kappa shape index (κ3) is 7.57. The van der Waals surface area contributed by atoms with Crippen molar-refractivity contribution < 1.29 is 32.2 Å². The van der Waals surface area contributed by atoms with Gasteiger partial charge in [-0.15, -0.1) is 0 Å². The molecule has 2 saturated heterocycles.